The van der Waals surface area contributed by atoms with E-state index in [1.165, 1.54) is 12.1 Å². The minimum Gasteiger partial charge on any atom is -0.372 e. The molecule has 0 fully saturated rings. The van der Waals surface area contributed by atoms with Crippen LogP contribution in [0.5, 0.6) is 0 Å². The van der Waals surface area contributed by atoms with Crippen molar-refractivity contribution in [3.63, 3.8) is 0 Å². The Hall–Kier alpha value is -3.11. The van der Waals surface area contributed by atoms with Gasteiger partial charge in [0.05, 0.1) is 17.4 Å². The van der Waals surface area contributed by atoms with Gasteiger partial charge in [-0.15, -0.1) is 0 Å². The highest BCUT2D eigenvalue weighted by Crippen LogP contribution is 2.44. The lowest BCUT2D eigenvalue weighted by molar-refractivity contribution is -0.116. The highest BCUT2D eigenvalue weighted by Gasteiger charge is 2.36. The van der Waals surface area contributed by atoms with Crippen LogP contribution in [-0.4, -0.2) is 5.78 Å². The summed E-state index contributed by atoms with van der Waals surface area (Å²) < 4.78 is 13.4. The molecule has 2 N–H and O–H groups in total. The highest BCUT2D eigenvalue weighted by atomic mass is 35.5. The predicted molar refractivity (Wildman–Crippen MR) is 118 cm³/mol. The molecule has 0 saturated heterocycles. The Morgan fingerprint density at radius 1 is 0.833 bits per heavy atom. The Labute approximate surface area is 179 Å². The maximum absolute atomic E-state index is 13.4. The molecule has 2 atom stereocenters. The molecule has 0 spiro atoms. The van der Waals surface area contributed by atoms with E-state index in [-0.39, 0.29) is 23.6 Å². The van der Waals surface area contributed by atoms with E-state index in [0.29, 0.717) is 17.9 Å². The van der Waals surface area contributed by atoms with Crippen molar-refractivity contribution >= 4 is 28.8 Å². The van der Waals surface area contributed by atoms with Crippen molar-refractivity contribution in [2.45, 2.75) is 24.8 Å². The number of anilines is 2. The molecule has 3 nitrogen and oxygen atoms in total. The third-order valence-corrected chi connectivity index (χ3v) is 6.11. The highest BCUT2D eigenvalue weighted by molar-refractivity contribution is 6.30. The summed E-state index contributed by atoms with van der Waals surface area (Å²) in [5.74, 6) is -0.159. The monoisotopic (exact) mass is 418 g/mol. The SMILES string of the molecule is O=C1C[C@H](c2ccc(F)cc2)CC2=C1[C@H](c1ccc(Cl)cc1)Nc1ccccc1N2. The number of rotatable bonds is 2. The van der Waals surface area contributed by atoms with E-state index in [4.69, 9.17) is 11.6 Å². The van der Waals surface area contributed by atoms with E-state index < -0.39 is 0 Å². The summed E-state index contributed by atoms with van der Waals surface area (Å²) in [6.07, 6.45) is 1.08. The number of carbonyl (C=O) groups excluding carboxylic acids is 1. The number of fused-ring (bicyclic) bond motifs is 1. The molecule has 0 amide bonds. The summed E-state index contributed by atoms with van der Waals surface area (Å²) in [5.41, 5.74) is 5.52. The van der Waals surface area contributed by atoms with Gasteiger partial charge in [-0.2, -0.15) is 0 Å². The zero-order chi connectivity index (χ0) is 20.7. The number of para-hydroxylation sites is 2. The minimum absolute atomic E-state index is 0.0143. The number of carbonyl (C=O) groups is 1. The van der Waals surface area contributed by atoms with E-state index >= 15 is 0 Å². The fourth-order valence-electron chi connectivity index (χ4n) is 4.37. The number of benzene rings is 3. The fraction of sp³-hybridized carbons (Fsp3) is 0.160. The number of Topliss-reactive ketones (excluding diaryl/α,β-unsaturated/α-hetero) is 1. The summed E-state index contributed by atoms with van der Waals surface area (Å²) in [7, 11) is 0. The summed E-state index contributed by atoms with van der Waals surface area (Å²) in [5, 5.41) is 7.72. The lowest BCUT2D eigenvalue weighted by Gasteiger charge is -2.30. The van der Waals surface area contributed by atoms with Crippen LogP contribution in [-0.2, 0) is 4.79 Å². The van der Waals surface area contributed by atoms with Crippen LogP contribution in [0.25, 0.3) is 0 Å². The van der Waals surface area contributed by atoms with Crippen LogP contribution in [0.2, 0.25) is 5.02 Å². The average Bonchev–Trinajstić information content (AvgIpc) is 2.91. The molecule has 1 aliphatic heterocycles. The first kappa shape index (κ1) is 18.9. The number of nitrogens with one attached hydrogen (secondary N) is 2. The second kappa shape index (κ2) is 7.62. The van der Waals surface area contributed by atoms with Gasteiger partial charge in [0.1, 0.15) is 5.82 Å². The van der Waals surface area contributed by atoms with Crippen LogP contribution >= 0.6 is 11.6 Å². The van der Waals surface area contributed by atoms with Gasteiger partial charge in [0, 0.05) is 22.7 Å². The Morgan fingerprint density at radius 3 is 2.23 bits per heavy atom. The molecule has 5 heteroatoms. The van der Waals surface area contributed by atoms with E-state index in [2.05, 4.69) is 10.6 Å². The number of halogens is 2. The van der Waals surface area contributed by atoms with Crippen LogP contribution < -0.4 is 10.6 Å². The van der Waals surface area contributed by atoms with Gasteiger partial charge in [0.15, 0.2) is 5.78 Å². The zero-order valence-corrected chi connectivity index (χ0v) is 16.9. The molecule has 5 rings (SSSR count). The van der Waals surface area contributed by atoms with Gasteiger partial charge >= 0.3 is 0 Å². The van der Waals surface area contributed by atoms with Gasteiger partial charge in [0.2, 0.25) is 0 Å². The Balaban J connectivity index is 1.60. The third-order valence-electron chi connectivity index (χ3n) is 5.85. The quantitative estimate of drug-likeness (QED) is 0.501. The molecule has 1 aliphatic carbocycles. The average molecular weight is 419 g/mol. The summed E-state index contributed by atoms with van der Waals surface area (Å²) in [6, 6.07) is 21.7. The topological polar surface area (TPSA) is 41.1 Å². The summed E-state index contributed by atoms with van der Waals surface area (Å²) in [4.78, 5) is 13.4. The fourth-order valence-corrected chi connectivity index (χ4v) is 4.49. The van der Waals surface area contributed by atoms with Crippen molar-refractivity contribution in [3.05, 3.63) is 106 Å². The van der Waals surface area contributed by atoms with Gasteiger partial charge in [-0.1, -0.05) is 48.0 Å². The van der Waals surface area contributed by atoms with Gasteiger partial charge < -0.3 is 10.6 Å². The van der Waals surface area contributed by atoms with Gasteiger partial charge in [-0.25, -0.2) is 4.39 Å². The zero-order valence-electron chi connectivity index (χ0n) is 16.2. The number of hydrogen-bond donors (Lipinski definition) is 2. The third kappa shape index (κ3) is 3.48. The van der Waals surface area contributed by atoms with Crippen LogP contribution in [0.4, 0.5) is 15.8 Å². The standard InChI is InChI=1S/C25H20ClFN2O/c26-18-9-5-16(6-10-18)25-24-22(28-20-3-1-2-4-21(20)29-25)13-17(14-23(24)30)15-7-11-19(27)12-8-15/h1-12,17,25,28-29H,13-14H2/t17-,25+/m1/s1. The van der Waals surface area contributed by atoms with Crippen LogP contribution in [0.15, 0.2) is 84.1 Å². The Kier molecular flexibility index (Phi) is 4.80. The lowest BCUT2D eigenvalue weighted by Crippen LogP contribution is -2.26. The van der Waals surface area contributed by atoms with Gasteiger partial charge in [0.25, 0.3) is 0 Å². The second-order valence-corrected chi connectivity index (χ2v) is 8.21. The first-order valence-corrected chi connectivity index (χ1v) is 10.4. The number of allylic oxidation sites excluding steroid dienone is 1. The molecule has 30 heavy (non-hydrogen) atoms. The number of hydrogen-bond acceptors (Lipinski definition) is 3. The largest absolute Gasteiger partial charge is 0.372 e. The Morgan fingerprint density at radius 2 is 1.50 bits per heavy atom. The van der Waals surface area contributed by atoms with Crippen molar-refractivity contribution in [2.24, 2.45) is 0 Å². The van der Waals surface area contributed by atoms with Crippen LogP contribution in [0.1, 0.15) is 35.9 Å². The van der Waals surface area contributed by atoms with Gasteiger partial charge in [-0.3, -0.25) is 4.79 Å². The molecular weight excluding hydrogens is 399 g/mol. The van der Waals surface area contributed by atoms with Crippen molar-refractivity contribution in [2.75, 3.05) is 10.6 Å². The Bertz CT molecular complexity index is 1140. The van der Waals surface area contributed by atoms with Crippen molar-refractivity contribution < 1.29 is 9.18 Å². The second-order valence-electron chi connectivity index (χ2n) is 7.77. The molecule has 0 aromatic heterocycles. The predicted octanol–water partition coefficient (Wildman–Crippen LogP) is 6.46. The molecule has 150 valence electrons. The van der Waals surface area contributed by atoms with Crippen LogP contribution in [0.3, 0.4) is 0 Å². The number of ketones is 1. The van der Waals surface area contributed by atoms with E-state index in [9.17, 15) is 9.18 Å². The van der Waals surface area contributed by atoms with E-state index in [0.717, 1.165) is 33.8 Å². The van der Waals surface area contributed by atoms with Crippen LogP contribution in [0, 0.1) is 5.82 Å². The lowest BCUT2D eigenvalue weighted by atomic mass is 9.78. The normalized spacial score (nSPS) is 20.5. The molecule has 3 aromatic rings. The minimum atomic E-state index is -0.269. The summed E-state index contributed by atoms with van der Waals surface area (Å²) in [6.45, 7) is 0. The first-order valence-electron chi connectivity index (χ1n) is 9.98. The smallest absolute Gasteiger partial charge is 0.163 e. The first-order chi connectivity index (χ1) is 14.6. The maximum Gasteiger partial charge on any atom is 0.163 e. The molecule has 2 aliphatic rings. The molecule has 0 saturated carbocycles. The van der Waals surface area contributed by atoms with Crippen molar-refractivity contribution in [1.29, 1.82) is 0 Å². The molecule has 0 bridgehead atoms. The van der Waals surface area contributed by atoms with Crippen molar-refractivity contribution in [3.8, 4) is 0 Å². The van der Waals surface area contributed by atoms with E-state index in [1.54, 1.807) is 12.1 Å². The summed E-state index contributed by atoms with van der Waals surface area (Å²) >= 11 is 6.09. The maximum atomic E-state index is 13.4. The molecule has 0 radical (unpaired) electrons. The van der Waals surface area contributed by atoms with E-state index in [1.807, 2.05) is 48.5 Å². The molecule has 1 heterocycles. The molecule has 0 unspecified atom stereocenters. The van der Waals surface area contributed by atoms with Gasteiger partial charge in [-0.05, 0) is 59.9 Å². The molecule has 3 aromatic carbocycles. The van der Waals surface area contributed by atoms with Crippen molar-refractivity contribution in [1.82, 2.24) is 0 Å². The molecular formula is C25H20ClFN2O.